The Labute approximate surface area is 124 Å². The molecule has 0 spiro atoms. The van der Waals surface area contributed by atoms with Crippen LogP contribution in [0.5, 0.6) is 5.75 Å². The first-order valence-electron chi connectivity index (χ1n) is 7.82. The predicted molar refractivity (Wildman–Crippen MR) is 80.4 cm³/mol. The van der Waals surface area contributed by atoms with Gasteiger partial charge in [-0.1, -0.05) is 0 Å². The summed E-state index contributed by atoms with van der Waals surface area (Å²) in [5, 5.41) is 14.0. The summed E-state index contributed by atoms with van der Waals surface area (Å²) in [7, 11) is 0. The Hall–Kier alpha value is -1.62. The summed E-state index contributed by atoms with van der Waals surface area (Å²) in [5.41, 5.74) is 0.107. The average Bonchev–Trinajstić information content (AvgIpc) is 3.28. The lowest BCUT2D eigenvalue weighted by Gasteiger charge is -2.22. The highest BCUT2D eigenvalue weighted by molar-refractivity contribution is 5.35. The summed E-state index contributed by atoms with van der Waals surface area (Å²) in [6.45, 7) is 3.06. The number of nitrogens with zero attached hydrogens (tertiary/aromatic N) is 1. The van der Waals surface area contributed by atoms with Gasteiger partial charge in [0.1, 0.15) is 5.75 Å². The molecule has 0 aromatic heterocycles. The van der Waals surface area contributed by atoms with Crippen LogP contribution in [0.1, 0.15) is 25.7 Å². The second-order valence-corrected chi connectivity index (χ2v) is 6.14. The zero-order valence-electron chi connectivity index (χ0n) is 12.2. The molecule has 1 aromatic rings. The van der Waals surface area contributed by atoms with Crippen molar-refractivity contribution in [1.29, 1.82) is 0 Å². The van der Waals surface area contributed by atoms with E-state index in [2.05, 4.69) is 5.32 Å². The largest absolute Gasteiger partial charge is 0.494 e. The van der Waals surface area contributed by atoms with E-state index >= 15 is 0 Å². The molecule has 0 bridgehead atoms. The van der Waals surface area contributed by atoms with Crippen LogP contribution >= 0.6 is 0 Å². The van der Waals surface area contributed by atoms with Crippen LogP contribution in [0.3, 0.4) is 0 Å². The number of nitrogens with one attached hydrogen (secondary N) is 1. The fourth-order valence-corrected chi connectivity index (χ4v) is 3.44. The van der Waals surface area contributed by atoms with Crippen LogP contribution in [-0.2, 0) is 0 Å². The molecule has 0 unspecified atom stereocenters. The molecule has 3 rings (SSSR count). The van der Waals surface area contributed by atoms with Gasteiger partial charge in [-0.25, -0.2) is 0 Å². The van der Waals surface area contributed by atoms with Gasteiger partial charge >= 0.3 is 0 Å². The van der Waals surface area contributed by atoms with Crippen LogP contribution in [0.25, 0.3) is 0 Å². The number of nitro benzene ring substituents is 1. The van der Waals surface area contributed by atoms with E-state index in [0.717, 1.165) is 29.9 Å². The third kappa shape index (κ3) is 3.73. The van der Waals surface area contributed by atoms with Gasteiger partial charge in [-0.2, -0.15) is 0 Å². The molecule has 1 aromatic carbocycles. The molecule has 1 heterocycles. The fraction of sp³-hybridized carbons (Fsp3) is 0.625. The summed E-state index contributed by atoms with van der Waals surface area (Å²) < 4.78 is 5.69. The fourth-order valence-electron chi connectivity index (χ4n) is 3.44. The highest BCUT2D eigenvalue weighted by Crippen LogP contribution is 2.49. The molecule has 114 valence electrons. The Balaban J connectivity index is 1.38. The van der Waals surface area contributed by atoms with E-state index in [0.29, 0.717) is 6.61 Å². The number of hydrogen-bond donors (Lipinski definition) is 1. The Bertz CT molecular complexity index is 483. The van der Waals surface area contributed by atoms with Crippen molar-refractivity contribution in [2.75, 3.05) is 19.7 Å². The molecule has 1 saturated carbocycles. The lowest BCUT2D eigenvalue weighted by atomic mass is 9.91. The number of piperidine rings is 1. The minimum Gasteiger partial charge on any atom is -0.494 e. The van der Waals surface area contributed by atoms with Crippen molar-refractivity contribution in [1.82, 2.24) is 5.32 Å². The lowest BCUT2D eigenvalue weighted by molar-refractivity contribution is -0.384. The van der Waals surface area contributed by atoms with Crippen molar-refractivity contribution in [2.24, 2.45) is 17.8 Å². The van der Waals surface area contributed by atoms with Gasteiger partial charge < -0.3 is 10.1 Å². The van der Waals surface area contributed by atoms with Gasteiger partial charge in [0.15, 0.2) is 0 Å². The van der Waals surface area contributed by atoms with E-state index < -0.39 is 4.92 Å². The van der Waals surface area contributed by atoms with Gasteiger partial charge in [0, 0.05) is 12.1 Å². The SMILES string of the molecule is O=[N+]([O-])c1ccc(OCC[C@@H]2C[C@@H]2C2CCNCC2)cc1. The maximum absolute atomic E-state index is 10.6. The number of ether oxygens (including phenoxy) is 1. The Morgan fingerprint density at radius 2 is 1.95 bits per heavy atom. The minimum absolute atomic E-state index is 0.107. The maximum atomic E-state index is 10.6. The van der Waals surface area contributed by atoms with E-state index in [9.17, 15) is 10.1 Å². The molecule has 0 amide bonds. The zero-order chi connectivity index (χ0) is 14.7. The second-order valence-electron chi connectivity index (χ2n) is 6.14. The van der Waals surface area contributed by atoms with Crippen LogP contribution in [0.15, 0.2) is 24.3 Å². The number of benzene rings is 1. The van der Waals surface area contributed by atoms with Crippen molar-refractivity contribution >= 4 is 5.69 Å². The van der Waals surface area contributed by atoms with Gasteiger partial charge in [0.2, 0.25) is 0 Å². The summed E-state index contributed by atoms with van der Waals surface area (Å²) in [5.74, 6) is 3.37. The van der Waals surface area contributed by atoms with Crippen molar-refractivity contribution in [3.63, 3.8) is 0 Å². The number of rotatable bonds is 6. The van der Waals surface area contributed by atoms with E-state index in [4.69, 9.17) is 4.74 Å². The second kappa shape index (κ2) is 6.43. The minimum atomic E-state index is -0.391. The lowest BCUT2D eigenvalue weighted by Crippen LogP contribution is -2.29. The summed E-state index contributed by atoms with van der Waals surface area (Å²) in [6, 6.07) is 6.33. The van der Waals surface area contributed by atoms with Crippen LogP contribution in [0.4, 0.5) is 5.69 Å². The third-order valence-electron chi connectivity index (χ3n) is 4.77. The highest BCUT2D eigenvalue weighted by Gasteiger charge is 2.42. The molecule has 1 aliphatic carbocycles. The average molecular weight is 290 g/mol. The quantitative estimate of drug-likeness (QED) is 0.646. The van der Waals surface area contributed by atoms with Crippen molar-refractivity contribution in [2.45, 2.75) is 25.7 Å². The molecule has 21 heavy (non-hydrogen) atoms. The number of non-ortho nitro benzene ring substituents is 1. The predicted octanol–water partition coefficient (Wildman–Crippen LogP) is 3.00. The molecule has 0 radical (unpaired) electrons. The molecule has 2 aliphatic rings. The van der Waals surface area contributed by atoms with Crippen LogP contribution in [0, 0.1) is 27.9 Å². The standard InChI is InChI=1S/C16H22N2O3/c19-18(20)14-1-3-15(4-2-14)21-10-7-13-11-16(13)12-5-8-17-9-6-12/h1-4,12-13,16-17H,5-11H2/t13-,16-/m1/s1. The van der Waals surface area contributed by atoms with Crippen LogP contribution in [-0.4, -0.2) is 24.6 Å². The topological polar surface area (TPSA) is 64.4 Å². The molecule has 2 atom stereocenters. The summed E-state index contributed by atoms with van der Waals surface area (Å²) >= 11 is 0. The summed E-state index contributed by atoms with van der Waals surface area (Å²) in [6.07, 6.45) is 5.11. The Morgan fingerprint density at radius 1 is 1.24 bits per heavy atom. The van der Waals surface area contributed by atoms with Crippen molar-refractivity contribution in [3.8, 4) is 5.75 Å². The molecule has 2 fully saturated rings. The first-order chi connectivity index (χ1) is 10.2. The van der Waals surface area contributed by atoms with Crippen molar-refractivity contribution in [3.05, 3.63) is 34.4 Å². The van der Waals surface area contributed by atoms with Gasteiger partial charge in [-0.3, -0.25) is 10.1 Å². The van der Waals surface area contributed by atoms with Crippen LogP contribution in [0.2, 0.25) is 0 Å². The molecule has 1 saturated heterocycles. The molecule has 1 N–H and O–H groups in total. The normalized spacial score (nSPS) is 25.5. The molecular weight excluding hydrogens is 268 g/mol. The maximum Gasteiger partial charge on any atom is 0.269 e. The highest BCUT2D eigenvalue weighted by atomic mass is 16.6. The van der Waals surface area contributed by atoms with E-state index in [1.54, 1.807) is 12.1 Å². The van der Waals surface area contributed by atoms with Crippen molar-refractivity contribution < 1.29 is 9.66 Å². The molecular formula is C16H22N2O3. The van der Waals surface area contributed by atoms with Gasteiger partial charge in [-0.15, -0.1) is 0 Å². The number of hydrogen-bond acceptors (Lipinski definition) is 4. The zero-order valence-corrected chi connectivity index (χ0v) is 12.2. The molecule has 5 heteroatoms. The van der Waals surface area contributed by atoms with E-state index in [1.807, 2.05) is 0 Å². The molecule has 1 aliphatic heterocycles. The Morgan fingerprint density at radius 3 is 2.62 bits per heavy atom. The van der Waals surface area contributed by atoms with Gasteiger partial charge in [-0.05, 0) is 68.7 Å². The summed E-state index contributed by atoms with van der Waals surface area (Å²) in [4.78, 5) is 10.2. The third-order valence-corrected chi connectivity index (χ3v) is 4.77. The first-order valence-corrected chi connectivity index (χ1v) is 7.82. The van der Waals surface area contributed by atoms with E-state index in [1.165, 1.54) is 44.5 Å². The van der Waals surface area contributed by atoms with E-state index in [-0.39, 0.29) is 5.69 Å². The molecule has 5 nitrogen and oxygen atoms in total. The smallest absolute Gasteiger partial charge is 0.269 e. The number of nitro groups is 1. The van der Waals surface area contributed by atoms with Crippen LogP contribution < -0.4 is 10.1 Å². The Kier molecular flexibility index (Phi) is 4.39. The first kappa shape index (κ1) is 14.3. The monoisotopic (exact) mass is 290 g/mol. The van der Waals surface area contributed by atoms with Gasteiger partial charge in [0.05, 0.1) is 11.5 Å². The van der Waals surface area contributed by atoms with Gasteiger partial charge in [0.25, 0.3) is 5.69 Å².